The zero-order chi connectivity index (χ0) is 14.2. The smallest absolute Gasteiger partial charge is 0.316 e. The first kappa shape index (κ1) is 13.3. The number of benzene rings is 1. The number of hydrogen-bond acceptors (Lipinski definition) is 2. The Morgan fingerprint density at radius 1 is 1.26 bits per heavy atom. The standard InChI is InChI=1S/C15H18N2O2/c1-9-5-6-11(7-10(9)2)12-8-16-13(17-12)15(3,4)14(18)19/h5-8H,1-4H3,(H,16,17)(H,18,19). The second-order valence-electron chi connectivity index (χ2n) is 5.37. The van der Waals surface area contributed by atoms with Crippen LogP contribution in [0, 0.1) is 13.8 Å². The molecule has 4 heteroatoms. The third-order valence-corrected chi connectivity index (χ3v) is 3.52. The summed E-state index contributed by atoms with van der Waals surface area (Å²) in [6.45, 7) is 7.39. The van der Waals surface area contributed by atoms with Crippen LogP contribution in [0.4, 0.5) is 0 Å². The first-order valence-corrected chi connectivity index (χ1v) is 6.19. The minimum atomic E-state index is -1.02. The van der Waals surface area contributed by atoms with Gasteiger partial charge in [0.2, 0.25) is 0 Å². The largest absolute Gasteiger partial charge is 0.481 e. The number of H-pyrrole nitrogens is 1. The van der Waals surface area contributed by atoms with E-state index in [1.54, 1.807) is 20.0 Å². The minimum absolute atomic E-state index is 0.466. The Labute approximate surface area is 112 Å². The van der Waals surface area contributed by atoms with Crippen molar-refractivity contribution in [3.63, 3.8) is 0 Å². The van der Waals surface area contributed by atoms with Crippen LogP contribution in [0.25, 0.3) is 11.3 Å². The van der Waals surface area contributed by atoms with Gasteiger partial charge < -0.3 is 10.1 Å². The first-order chi connectivity index (χ1) is 8.82. The fraction of sp³-hybridized carbons (Fsp3) is 0.333. The Morgan fingerprint density at radius 2 is 1.95 bits per heavy atom. The van der Waals surface area contributed by atoms with Crippen LogP contribution in [0.5, 0.6) is 0 Å². The maximum atomic E-state index is 11.2. The van der Waals surface area contributed by atoms with Crippen LogP contribution in [0.1, 0.15) is 30.8 Å². The number of aromatic nitrogens is 2. The fourth-order valence-corrected chi connectivity index (χ4v) is 1.80. The SMILES string of the molecule is Cc1ccc(-c2cnc(C(C)(C)C(=O)O)[nH]2)cc1C. The molecule has 0 saturated carbocycles. The van der Waals surface area contributed by atoms with Crippen molar-refractivity contribution >= 4 is 5.97 Å². The van der Waals surface area contributed by atoms with Crippen LogP contribution in [0.15, 0.2) is 24.4 Å². The van der Waals surface area contributed by atoms with Gasteiger partial charge in [-0.15, -0.1) is 0 Å². The molecule has 0 unspecified atom stereocenters. The Balaban J connectivity index is 2.41. The number of carboxylic acid groups (broad SMARTS) is 1. The van der Waals surface area contributed by atoms with Crippen LogP contribution < -0.4 is 0 Å². The number of hydrogen-bond donors (Lipinski definition) is 2. The molecule has 0 spiro atoms. The zero-order valence-corrected chi connectivity index (χ0v) is 11.6. The van der Waals surface area contributed by atoms with Gasteiger partial charge in [-0.05, 0) is 50.5 Å². The number of aryl methyl sites for hydroxylation is 2. The lowest BCUT2D eigenvalue weighted by Gasteiger charge is -2.15. The summed E-state index contributed by atoms with van der Waals surface area (Å²) in [6, 6.07) is 6.13. The highest BCUT2D eigenvalue weighted by Crippen LogP contribution is 2.25. The molecule has 100 valence electrons. The normalized spacial score (nSPS) is 11.6. The maximum Gasteiger partial charge on any atom is 0.316 e. The van der Waals surface area contributed by atoms with Gasteiger partial charge in [0, 0.05) is 0 Å². The molecule has 0 bridgehead atoms. The summed E-state index contributed by atoms with van der Waals surface area (Å²) in [5.74, 6) is -0.429. The minimum Gasteiger partial charge on any atom is -0.481 e. The number of aromatic amines is 1. The zero-order valence-electron chi connectivity index (χ0n) is 11.6. The summed E-state index contributed by atoms with van der Waals surface area (Å²) in [4.78, 5) is 18.5. The highest BCUT2D eigenvalue weighted by atomic mass is 16.4. The number of carbonyl (C=O) groups is 1. The monoisotopic (exact) mass is 258 g/mol. The third kappa shape index (κ3) is 2.38. The molecule has 0 aliphatic heterocycles. The molecular weight excluding hydrogens is 240 g/mol. The summed E-state index contributed by atoms with van der Waals surface area (Å²) in [7, 11) is 0. The first-order valence-electron chi connectivity index (χ1n) is 6.19. The van der Waals surface area contributed by atoms with Crippen molar-refractivity contribution in [2.24, 2.45) is 0 Å². The van der Waals surface area contributed by atoms with Crippen LogP contribution in [0.2, 0.25) is 0 Å². The highest BCUT2D eigenvalue weighted by Gasteiger charge is 2.32. The van der Waals surface area contributed by atoms with E-state index >= 15 is 0 Å². The van der Waals surface area contributed by atoms with Gasteiger partial charge in [-0.25, -0.2) is 4.98 Å². The molecule has 4 nitrogen and oxygen atoms in total. The summed E-state index contributed by atoms with van der Waals surface area (Å²) >= 11 is 0. The molecule has 1 aromatic heterocycles. The molecule has 0 aliphatic carbocycles. The van der Waals surface area contributed by atoms with E-state index in [1.165, 1.54) is 11.1 Å². The second kappa shape index (κ2) is 4.53. The summed E-state index contributed by atoms with van der Waals surface area (Å²) in [5, 5.41) is 9.20. The Morgan fingerprint density at radius 3 is 2.53 bits per heavy atom. The number of nitrogens with zero attached hydrogens (tertiary/aromatic N) is 1. The van der Waals surface area contributed by atoms with E-state index in [2.05, 4.69) is 29.9 Å². The van der Waals surface area contributed by atoms with Gasteiger partial charge in [-0.1, -0.05) is 12.1 Å². The average molecular weight is 258 g/mol. The number of aliphatic carboxylic acids is 1. The van der Waals surface area contributed by atoms with E-state index < -0.39 is 11.4 Å². The number of carboxylic acids is 1. The molecule has 1 heterocycles. The molecule has 2 N–H and O–H groups in total. The van der Waals surface area contributed by atoms with Crippen molar-refractivity contribution in [1.82, 2.24) is 9.97 Å². The molecule has 0 radical (unpaired) electrons. The molecule has 0 aliphatic rings. The quantitative estimate of drug-likeness (QED) is 0.889. The topological polar surface area (TPSA) is 66.0 Å². The average Bonchev–Trinajstić information content (AvgIpc) is 2.82. The lowest BCUT2D eigenvalue weighted by molar-refractivity contribution is -0.142. The molecule has 19 heavy (non-hydrogen) atoms. The number of rotatable bonds is 3. The molecule has 2 aromatic rings. The number of imidazole rings is 1. The molecule has 2 rings (SSSR count). The van der Waals surface area contributed by atoms with Crippen LogP contribution in [0.3, 0.4) is 0 Å². The predicted octanol–water partition coefficient (Wildman–Crippen LogP) is 3.06. The molecule has 0 fully saturated rings. The van der Waals surface area contributed by atoms with E-state index in [0.717, 1.165) is 11.3 Å². The van der Waals surface area contributed by atoms with Crippen molar-refractivity contribution < 1.29 is 9.90 Å². The third-order valence-electron chi connectivity index (χ3n) is 3.52. The second-order valence-corrected chi connectivity index (χ2v) is 5.37. The highest BCUT2D eigenvalue weighted by molar-refractivity contribution is 5.79. The predicted molar refractivity (Wildman–Crippen MR) is 74.2 cm³/mol. The van der Waals surface area contributed by atoms with E-state index in [1.807, 2.05) is 12.1 Å². The summed E-state index contributed by atoms with van der Waals surface area (Å²) in [5.41, 5.74) is 3.27. The summed E-state index contributed by atoms with van der Waals surface area (Å²) < 4.78 is 0. The van der Waals surface area contributed by atoms with Crippen molar-refractivity contribution in [1.29, 1.82) is 0 Å². The summed E-state index contributed by atoms with van der Waals surface area (Å²) in [6.07, 6.45) is 1.68. The van der Waals surface area contributed by atoms with Gasteiger partial charge in [0.25, 0.3) is 0 Å². The molecule has 1 aromatic carbocycles. The van der Waals surface area contributed by atoms with E-state index in [0.29, 0.717) is 5.82 Å². The Hall–Kier alpha value is -2.10. The van der Waals surface area contributed by atoms with Crippen LogP contribution in [-0.4, -0.2) is 21.0 Å². The van der Waals surface area contributed by atoms with Gasteiger partial charge >= 0.3 is 5.97 Å². The van der Waals surface area contributed by atoms with E-state index in [9.17, 15) is 9.90 Å². The van der Waals surface area contributed by atoms with Crippen LogP contribution in [-0.2, 0) is 10.2 Å². The lowest BCUT2D eigenvalue weighted by Crippen LogP contribution is -2.29. The Kier molecular flexibility index (Phi) is 3.18. The number of nitrogens with one attached hydrogen (secondary N) is 1. The van der Waals surface area contributed by atoms with E-state index in [4.69, 9.17) is 0 Å². The lowest BCUT2D eigenvalue weighted by atomic mass is 9.93. The molecule has 0 amide bonds. The van der Waals surface area contributed by atoms with Gasteiger partial charge in [0.15, 0.2) is 0 Å². The Bertz CT molecular complexity index is 627. The van der Waals surface area contributed by atoms with E-state index in [-0.39, 0.29) is 0 Å². The molecular formula is C15H18N2O2. The van der Waals surface area contributed by atoms with Gasteiger partial charge in [0.05, 0.1) is 11.9 Å². The van der Waals surface area contributed by atoms with Gasteiger partial charge in [-0.3, -0.25) is 4.79 Å². The van der Waals surface area contributed by atoms with Crippen LogP contribution >= 0.6 is 0 Å². The molecule has 0 saturated heterocycles. The maximum absolute atomic E-state index is 11.2. The van der Waals surface area contributed by atoms with Crippen molar-refractivity contribution in [2.75, 3.05) is 0 Å². The van der Waals surface area contributed by atoms with Crippen molar-refractivity contribution in [2.45, 2.75) is 33.1 Å². The van der Waals surface area contributed by atoms with Gasteiger partial charge in [-0.2, -0.15) is 0 Å². The molecule has 0 atom stereocenters. The van der Waals surface area contributed by atoms with Gasteiger partial charge in [0.1, 0.15) is 11.2 Å². The van der Waals surface area contributed by atoms with Crippen molar-refractivity contribution in [3.8, 4) is 11.3 Å². The van der Waals surface area contributed by atoms with Crippen molar-refractivity contribution in [3.05, 3.63) is 41.3 Å². The fourth-order valence-electron chi connectivity index (χ4n) is 1.80.